The molecule has 3 aromatic rings. The van der Waals surface area contributed by atoms with E-state index in [-0.39, 0.29) is 17.5 Å². The molecule has 1 aliphatic rings. The summed E-state index contributed by atoms with van der Waals surface area (Å²) in [5.41, 5.74) is 1.30. The minimum Gasteiger partial charge on any atom is -0.330 e. The molecule has 4 rings (SSSR count). The number of thiophene rings is 1. The summed E-state index contributed by atoms with van der Waals surface area (Å²) in [4.78, 5) is 28.4. The summed E-state index contributed by atoms with van der Waals surface area (Å²) < 4.78 is 0. The molecule has 0 radical (unpaired) electrons. The maximum atomic E-state index is 13.2. The fourth-order valence-electron chi connectivity index (χ4n) is 3.49. The van der Waals surface area contributed by atoms with Crippen LogP contribution in [0.2, 0.25) is 0 Å². The number of nitrogens with one attached hydrogen (secondary N) is 1. The molecule has 0 fully saturated rings. The molecular formula is C18H17N3O2S. The predicted octanol–water partition coefficient (Wildman–Crippen LogP) is 3.13. The predicted molar refractivity (Wildman–Crippen MR) is 94.5 cm³/mol. The van der Waals surface area contributed by atoms with Crippen LogP contribution in [-0.4, -0.2) is 27.5 Å². The Balaban J connectivity index is 1.80. The Bertz CT molecular complexity index is 976. The smallest absolute Gasteiger partial charge is 0.275 e. The second kappa shape index (κ2) is 5.87. The van der Waals surface area contributed by atoms with Crippen molar-refractivity contribution in [1.29, 1.82) is 0 Å². The fraction of sp³-hybridized carbons (Fsp3) is 0.278. The van der Waals surface area contributed by atoms with E-state index in [4.69, 9.17) is 0 Å². The van der Waals surface area contributed by atoms with Gasteiger partial charge in [-0.1, -0.05) is 25.1 Å². The number of benzene rings is 1. The van der Waals surface area contributed by atoms with Gasteiger partial charge in [-0.2, -0.15) is 5.10 Å². The first-order chi connectivity index (χ1) is 11.7. The van der Waals surface area contributed by atoms with E-state index in [0.29, 0.717) is 23.0 Å². The summed E-state index contributed by atoms with van der Waals surface area (Å²) in [5, 5.41) is 9.72. The molecule has 5 nitrogen and oxygen atoms in total. The number of fused-ring (bicyclic) bond motifs is 2. The third-order valence-electron chi connectivity index (χ3n) is 4.64. The molecule has 1 atom stereocenters. The van der Waals surface area contributed by atoms with Gasteiger partial charge >= 0.3 is 0 Å². The minimum atomic E-state index is -0.270. The first-order valence-corrected chi connectivity index (χ1v) is 8.93. The van der Waals surface area contributed by atoms with Crippen molar-refractivity contribution < 1.29 is 4.79 Å². The van der Waals surface area contributed by atoms with Crippen LogP contribution in [0.15, 0.2) is 40.5 Å². The first-order valence-electron chi connectivity index (χ1n) is 8.05. The largest absolute Gasteiger partial charge is 0.330 e. The highest BCUT2D eigenvalue weighted by Gasteiger charge is 2.32. The molecule has 1 unspecified atom stereocenters. The lowest BCUT2D eigenvalue weighted by molar-refractivity contribution is 0.0652. The van der Waals surface area contributed by atoms with Gasteiger partial charge in [-0.05, 0) is 35.9 Å². The zero-order valence-corrected chi connectivity index (χ0v) is 14.1. The van der Waals surface area contributed by atoms with E-state index in [1.807, 2.05) is 11.0 Å². The fourth-order valence-corrected chi connectivity index (χ4v) is 4.42. The van der Waals surface area contributed by atoms with Gasteiger partial charge in [0, 0.05) is 16.8 Å². The Hall–Kier alpha value is -2.47. The normalized spacial score (nSPS) is 17.0. The zero-order chi connectivity index (χ0) is 16.7. The summed E-state index contributed by atoms with van der Waals surface area (Å²) in [6.45, 7) is 2.77. The third-order valence-corrected chi connectivity index (χ3v) is 5.64. The Labute approximate surface area is 142 Å². The number of carbonyl (C=O) groups excluding carboxylic acids is 1. The van der Waals surface area contributed by atoms with Crippen LogP contribution in [0, 0.1) is 0 Å². The summed E-state index contributed by atoms with van der Waals surface area (Å²) in [6.07, 6.45) is 1.73. The Morgan fingerprint density at radius 3 is 2.92 bits per heavy atom. The average Bonchev–Trinajstić information content (AvgIpc) is 3.09. The lowest BCUT2D eigenvalue weighted by Crippen LogP contribution is -2.40. The zero-order valence-electron chi connectivity index (χ0n) is 13.3. The van der Waals surface area contributed by atoms with Crippen LogP contribution < -0.4 is 5.56 Å². The van der Waals surface area contributed by atoms with Gasteiger partial charge in [0.2, 0.25) is 0 Å². The van der Waals surface area contributed by atoms with Gasteiger partial charge in [0.1, 0.15) is 0 Å². The molecule has 6 heteroatoms. The number of amides is 1. The van der Waals surface area contributed by atoms with E-state index in [2.05, 4.69) is 28.6 Å². The van der Waals surface area contributed by atoms with Gasteiger partial charge in [0.05, 0.1) is 11.4 Å². The van der Waals surface area contributed by atoms with E-state index in [1.165, 1.54) is 10.4 Å². The maximum absolute atomic E-state index is 13.2. The summed E-state index contributed by atoms with van der Waals surface area (Å²) in [5.74, 6) is -0.119. The number of aromatic amines is 1. The first kappa shape index (κ1) is 15.1. The molecule has 0 spiro atoms. The Kier molecular flexibility index (Phi) is 3.69. The number of hydrogen-bond acceptors (Lipinski definition) is 4. The summed E-state index contributed by atoms with van der Waals surface area (Å²) in [7, 11) is 0. The van der Waals surface area contributed by atoms with Gasteiger partial charge in [0.25, 0.3) is 11.5 Å². The lowest BCUT2D eigenvalue weighted by atomic mass is 9.97. The third kappa shape index (κ3) is 2.26. The van der Waals surface area contributed by atoms with Crippen molar-refractivity contribution >= 4 is 28.0 Å². The van der Waals surface area contributed by atoms with Crippen molar-refractivity contribution in [1.82, 2.24) is 15.1 Å². The molecule has 1 aromatic carbocycles. The highest BCUT2D eigenvalue weighted by atomic mass is 32.1. The van der Waals surface area contributed by atoms with Crippen molar-refractivity contribution in [2.24, 2.45) is 0 Å². The van der Waals surface area contributed by atoms with Crippen LogP contribution in [0.5, 0.6) is 0 Å². The van der Waals surface area contributed by atoms with Crippen molar-refractivity contribution in [3.63, 3.8) is 0 Å². The van der Waals surface area contributed by atoms with Crippen LogP contribution in [0.25, 0.3) is 10.8 Å². The number of rotatable bonds is 2. The SMILES string of the molecule is CCC1c2ccsc2CCN1C(=O)c1n[nH]c(=O)c2ccccc12. The van der Waals surface area contributed by atoms with Crippen molar-refractivity contribution in [3.8, 4) is 0 Å². The highest BCUT2D eigenvalue weighted by molar-refractivity contribution is 7.10. The molecule has 1 aliphatic heterocycles. The molecule has 122 valence electrons. The van der Waals surface area contributed by atoms with Gasteiger partial charge in [-0.25, -0.2) is 5.10 Å². The van der Waals surface area contributed by atoms with Crippen molar-refractivity contribution in [2.45, 2.75) is 25.8 Å². The van der Waals surface area contributed by atoms with Gasteiger partial charge in [0.15, 0.2) is 5.69 Å². The Morgan fingerprint density at radius 2 is 2.12 bits per heavy atom. The number of nitrogens with zero attached hydrogens (tertiary/aromatic N) is 2. The minimum absolute atomic E-state index is 0.0694. The standard InChI is InChI=1S/C18H17N3O2S/c1-2-14-13-8-10-24-15(13)7-9-21(14)18(23)16-11-5-3-4-6-12(11)17(22)20-19-16/h3-6,8,10,14H,2,7,9H2,1H3,(H,20,22). The average molecular weight is 339 g/mol. The van der Waals surface area contributed by atoms with E-state index in [9.17, 15) is 9.59 Å². The number of aromatic nitrogens is 2. The van der Waals surface area contributed by atoms with Crippen LogP contribution in [0.4, 0.5) is 0 Å². The topological polar surface area (TPSA) is 66.1 Å². The van der Waals surface area contributed by atoms with Crippen molar-refractivity contribution in [2.75, 3.05) is 6.54 Å². The molecule has 1 N–H and O–H groups in total. The second-order valence-corrected chi connectivity index (χ2v) is 6.92. The molecule has 0 bridgehead atoms. The van der Waals surface area contributed by atoms with E-state index >= 15 is 0 Å². The highest BCUT2D eigenvalue weighted by Crippen LogP contribution is 2.36. The van der Waals surface area contributed by atoms with Crippen LogP contribution >= 0.6 is 11.3 Å². The molecule has 0 aliphatic carbocycles. The van der Waals surface area contributed by atoms with E-state index in [0.717, 1.165) is 12.8 Å². The van der Waals surface area contributed by atoms with Gasteiger partial charge in [-0.15, -0.1) is 11.3 Å². The molecule has 0 saturated carbocycles. The second-order valence-electron chi connectivity index (χ2n) is 5.92. The summed E-state index contributed by atoms with van der Waals surface area (Å²) >= 11 is 1.76. The lowest BCUT2D eigenvalue weighted by Gasteiger charge is -2.35. The monoisotopic (exact) mass is 339 g/mol. The van der Waals surface area contributed by atoms with Crippen molar-refractivity contribution in [3.05, 3.63) is 62.2 Å². The number of H-pyrrole nitrogens is 1. The quantitative estimate of drug-likeness (QED) is 0.780. The molecular weight excluding hydrogens is 322 g/mol. The Morgan fingerprint density at radius 1 is 1.33 bits per heavy atom. The van der Waals surface area contributed by atoms with Gasteiger partial charge < -0.3 is 4.90 Å². The van der Waals surface area contributed by atoms with Crippen LogP contribution in [0.3, 0.4) is 0 Å². The van der Waals surface area contributed by atoms with Gasteiger partial charge in [-0.3, -0.25) is 9.59 Å². The van der Waals surface area contributed by atoms with E-state index in [1.54, 1.807) is 29.5 Å². The number of carbonyl (C=O) groups is 1. The maximum Gasteiger partial charge on any atom is 0.275 e. The molecule has 2 aromatic heterocycles. The molecule has 3 heterocycles. The van der Waals surface area contributed by atoms with E-state index < -0.39 is 0 Å². The summed E-state index contributed by atoms with van der Waals surface area (Å²) in [6, 6.07) is 9.30. The van der Waals surface area contributed by atoms with Crippen LogP contribution in [-0.2, 0) is 6.42 Å². The molecule has 0 saturated heterocycles. The molecule has 24 heavy (non-hydrogen) atoms. The van der Waals surface area contributed by atoms with Crippen LogP contribution in [0.1, 0.15) is 40.3 Å². The molecule has 1 amide bonds. The number of hydrogen-bond donors (Lipinski definition) is 1.